The van der Waals surface area contributed by atoms with Crippen molar-refractivity contribution in [3.8, 4) is 17.2 Å². The second-order valence-corrected chi connectivity index (χ2v) is 7.67. The van der Waals surface area contributed by atoms with Gasteiger partial charge in [-0.25, -0.2) is 0 Å². The summed E-state index contributed by atoms with van der Waals surface area (Å²) >= 11 is 0. The summed E-state index contributed by atoms with van der Waals surface area (Å²) in [5.41, 5.74) is 1.21. The number of nitrogens with zero attached hydrogens (tertiary/aromatic N) is 2. The zero-order valence-electron chi connectivity index (χ0n) is 16.8. The molecule has 1 saturated carbocycles. The highest BCUT2D eigenvalue weighted by atomic mass is 16.5. The lowest BCUT2D eigenvalue weighted by Gasteiger charge is -2.43. The molecular formula is C21H34N2O3. The van der Waals surface area contributed by atoms with Crippen LogP contribution in [0.15, 0.2) is 12.1 Å². The van der Waals surface area contributed by atoms with Gasteiger partial charge in [0, 0.05) is 38.8 Å². The molecule has 1 saturated heterocycles. The van der Waals surface area contributed by atoms with E-state index in [0.29, 0.717) is 5.75 Å². The number of piperazine rings is 1. The van der Waals surface area contributed by atoms with Gasteiger partial charge in [-0.2, -0.15) is 0 Å². The minimum absolute atomic E-state index is 0.662. The van der Waals surface area contributed by atoms with Crippen LogP contribution in [0.3, 0.4) is 0 Å². The summed E-state index contributed by atoms with van der Waals surface area (Å²) in [5, 5.41) is 0. The second-order valence-electron chi connectivity index (χ2n) is 7.67. The van der Waals surface area contributed by atoms with Gasteiger partial charge in [0.05, 0.1) is 21.3 Å². The molecule has 1 heterocycles. The number of hydrogen-bond acceptors (Lipinski definition) is 5. The van der Waals surface area contributed by atoms with Crippen molar-refractivity contribution < 1.29 is 14.2 Å². The monoisotopic (exact) mass is 362 g/mol. The molecule has 1 aromatic carbocycles. The minimum Gasteiger partial charge on any atom is -0.493 e. The predicted octanol–water partition coefficient (Wildman–Crippen LogP) is 3.41. The van der Waals surface area contributed by atoms with Gasteiger partial charge < -0.3 is 14.2 Å². The molecule has 1 aliphatic heterocycles. The number of ether oxygens (including phenoxy) is 3. The highest BCUT2D eigenvalue weighted by Gasteiger charge is 2.29. The first-order valence-corrected chi connectivity index (χ1v) is 9.91. The first kappa shape index (κ1) is 19.3. The van der Waals surface area contributed by atoms with Crippen molar-refractivity contribution in [2.24, 2.45) is 5.92 Å². The zero-order valence-corrected chi connectivity index (χ0v) is 16.8. The van der Waals surface area contributed by atoms with Crippen LogP contribution < -0.4 is 14.2 Å². The highest BCUT2D eigenvalue weighted by Crippen LogP contribution is 2.38. The Labute approximate surface area is 158 Å². The van der Waals surface area contributed by atoms with Crippen molar-refractivity contribution >= 4 is 0 Å². The van der Waals surface area contributed by atoms with E-state index in [1.165, 1.54) is 44.3 Å². The molecule has 0 radical (unpaired) electrons. The third-order valence-corrected chi connectivity index (χ3v) is 6.07. The number of hydrogen-bond donors (Lipinski definition) is 0. The maximum absolute atomic E-state index is 5.48. The van der Waals surface area contributed by atoms with Crippen molar-refractivity contribution in [2.45, 2.75) is 45.2 Å². The molecule has 0 spiro atoms. The highest BCUT2D eigenvalue weighted by molar-refractivity contribution is 5.53. The third-order valence-electron chi connectivity index (χ3n) is 6.07. The van der Waals surface area contributed by atoms with E-state index in [1.54, 1.807) is 21.3 Å². The van der Waals surface area contributed by atoms with Crippen LogP contribution >= 0.6 is 0 Å². The third kappa shape index (κ3) is 4.26. The number of rotatable bonds is 6. The largest absolute Gasteiger partial charge is 0.493 e. The lowest BCUT2D eigenvalue weighted by molar-refractivity contribution is 0.0517. The van der Waals surface area contributed by atoms with E-state index in [-0.39, 0.29) is 0 Å². The summed E-state index contributed by atoms with van der Waals surface area (Å²) in [7, 11) is 4.99. The Bertz CT molecular complexity index is 560. The molecule has 5 nitrogen and oxygen atoms in total. The van der Waals surface area contributed by atoms with E-state index in [4.69, 9.17) is 14.2 Å². The molecule has 0 unspecified atom stereocenters. The van der Waals surface area contributed by atoms with Crippen LogP contribution in [0.2, 0.25) is 0 Å². The maximum atomic E-state index is 5.48. The van der Waals surface area contributed by atoms with Gasteiger partial charge in [-0.1, -0.05) is 19.8 Å². The van der Waals surface area contributed by atoms with Crippen LogP contribution in [0.25, 0.3) is 0 Å². The molecule has 0 N–H and O–H groups in total. The minimum atomic E-state index is 0.662. The van der Waals surface area contributed by atoms with Gasteiger partial charge in [0.15, 0.2) is 11.5 Å². The lowest BCUT2D eigenvalue weighted by atomic mass is 9.84. The average Bonchev–Trinajstić information content (AvgIpc) is 2.68. The normalized spacial score (nSPS) is 25.1. The molecule has 26 heavy (non-hydrogen) atoms. The smallest absolute Gasteiger partial charge is 0.203 e. The van der Waals surface area contributed by atoms with Crippen molar-refractivity contribution in [3.63, 3.8) is 0 Å². The summed E-state index contributed by atoms with van der Waals surface area (Å²) in [6, 6.07) is 4.93. The van der Waals surface area contributed by atoms with Crippen molar-refractivity contribution in [1.82, 2.24) is 9.80 Å². The standard InChI is InChI=1S/C21H34N2O3/c1-16-7-5-6-8-18(16)23-11-9-22(10-12-23)15-17-13-19(24-2)21(26-4)20(14-17)25-3/h13-14,16,18H,5-12,15H2,1-4H3/t16-,18+/m0/s1. The summed E-state index contributed by atoms with van der Waals surface area (Å²) in [6.45, 7) is 7.97. The Morgan fingerprint density at radius 1 is 0.885 bits per heavy atom. The quantitative estimate of drug-likeness (QED) is 0.775. The first-order valence-electron chi connectivity index (χ1n) is 9.91. The molecule has 1 aliphatic carbocycles. The van der Waals surface area contributed by atoms with Crippen molar-refractivity contribution in [2.75, 3.05) is 47.5 Å². The maximum Gasteiger partial charge on any atom is 0.203 e. The SMILES string of the molecule is COc1cc(CN2CCN([C@@H]3CCCC[C@@H]3C)CC2)cc(OC)c1OC. The second kappa shape index (κ2) is 8.96. The fraction of sp³-hybridized carbons (Fsp3) is 0.714. The molecule has 0 aromatic heterocycles. The fourth-order valence-electron chi connectivity index (χ4n) is 4.58. The summed E-state index contributed by atoms with van der Waals surface area (Å²) in [6.07, 6.45) is 5.60. The zero-order chi connectivity index (χ0) is 18.5. The summed E-state index contributed by atoms with van der Waals surface area (Å²) in [4.78, 5) is 5.26. The molecule has 1 aromatic rings. The predicted molar refractivity (Wildman–Crippen MR) is 104 cm³/mol. The van der Waals surface area contributed by atoms with Crippen molar-refractivity contribution in [1.29, 1.82) is 0 Å². The number of benzene rings is 1. The van der Waals surface area contributed by atoms with E-state index < -0.39 is 0 Å². The molecule has 0 amide bonds. The number of methoxy groups -OCH3 is 3. The van der Waals surface area contributed by atoms with Gasteiger partial charge in [-0.3, -0.25) is 9.80 Å². The summed E-state index contributed by atoms with van der Waals surface area (Å²) < 4.78 is 16.4. The summed E-state index contributed by atoms with van der Waals surface area (Å²) in [5.74, 6) is 2.98. The molecule has 146 valence electrons. The van der Waals surface area contributed by atoms with Crippen LogP contribution in [0.4, 0.5) is 0 Å². The van der Waals surface area contributed by atoms with Crippen LogP contribution in [-0.2, 0) is 6.54 Å². The van der Waals surface area contributed by atoms with Crippen LogP contribution in [0.5, 0.6) is 17.2 Å². The van der Waals surface area contributed by atoms with Gasteiger partial charge in [0.25, 0.3) is 0 Å². The first-order chi connectivity index (χ1) is 12.7. The molecule has 2 atom stereocenters. The Morgan fingerprint density at radius 2 is 1.50 bits per heavy atom. The van der Waals surface area contributed by atoms with E-state index in [1.807, 2.05) is 0 Å². The Kier molecular flexibility index (Phi) is 6.65. The van der Waals surface area contributed by atoms with Gasteiger partial charge >= 0.3 is 0 Å². The molecular weight excluding hydrogens is 328 g/mol. The van der Waals surface area contributed by atoms with E-state index in [2.05, 4.69) is 28.9 Å². The van der Waals surface area contributed by atoms with Crippen LogP contribution in [-0.4, -0.2) is 63.4 Å². The molecule has 3 rings (SSSR count). The molecule has 0 bridgehead atoms. The van der Waals surface area contributed by atoms with E-state index >= 15 is 0 Å². The molecule has 5 heteroatoms. The van der Waals surface area contributed by atoms with Crippen LogP contribution in [0, 0.1) is 5.92 Å². The topological polar surface area (TPSA) is 34.2 Å². The van der Waals surface area contributed by atoms with Gasteiger partial charge in [0.1, 0.15) is 0 Å². The average molecular weight is 363 g/mol. The Hall–Kier alpha value is -1.46. The Balaban J connectivity index is 1.60. The molecule has 2 aliphatic rings. The van der Waals surface area contributed by atoms with E-state index in [0.717, 1.165) is 43.1 Å². The Morgan fingerprint density at radius 3 is 2.04 bits per heavy atom. The van der Waals surface area contributed by atoms with Gasteiger partial charge in [-0.05, 0) is 36.5 Å². The molecule has 2 fully saturated rings. The lowest BCUT2D eigenvalue weighted by Crippen LogP contribution is -2.52. The van der Waals surface area contributed by atoms with Gasteiger partial charge in [0.2, 0.25) is 5.75 Å². The van der Waals surface area contributed by atoms with Gasteiger partial charge in [-0.15, -0.1) is 0 Å². The van der Waals surface area contributed by atoms with Crippen molar-refractivity contribution in [3.05, 3.63) is 17.7 Å². The van der Waals surface area contributed by atoms with E-state index in [9.17, 15) is 0 Å². The van der Waals surface area contributed by atoms with Crippen LogP contribution in [0.1, 0.15) is 38.2 Å². The fourth-order valence-corrected chi connectivity index (χ4v) is 4.58.